The molecule has 10 aromatic carbocycles. The van der Waals surface area contributed by atoms with Crippen molar-refractivity contribution < 1.29 is 8.83 Å². The van der Waals surface area contributed by atoms with Gasteiger partial charge in [-0.3, -0.25) is 0 Å². The van der Waals surface area contributed by atoms with E-state index in [1.54, 1.807) is 0 Å². The topological polar surface area (TPSA) is 29.5 Å². The molecule has 12 rings (SSSR count). The van der Waals surface area contributed by atoms with Crippen LogP contribution in [0.1, 0.15) is 0 Å². The Labute approximate surface area is 353 Å². The summed E-state index contributed by atoms with van der Waals surface area (Å²) in [6.45, 7) is 0. The third-order valence-electron chi connectivity index (χ3n) is 12.1. The van der Waals surface area contributed by atoms with Gasteiger partial charge in [0.1, 0.15) is 22.3 Å². The Morgan fingerprint density at radius 1 is 0.279 bits per heavy atom. The summed E-state index contributed by atoms with van der Waals surface area (Å²) in [5.41, 5.74) is 15.9. The van der Waals surface area contributed by atoms with Crippen molar-refractivity contribution in [1.82, 2.24) is 0 Å². The predicted octanol–water partition coefficient (Wildman–Crippen LogP) is 16.8. The van der Waals surface area contributed by atoms with Crippen LogP contribution in [0.2, 0.25) is 0 Å². The lowest BCUT2D eigenvalue weighted by molar-refractivity contribution is 0.669. The van der Waals surface area contributed by atoms with Crippen LogP contribution in [0, 0.1) is 0 Å². The summed E-state index contributed by atoms with van der Waals surface area (Å²) < 4.78 is 12.8. The van der Waals surface area contributed by atoms with Gasteiger partial charge in [0.2, 0.25) is 0 Å². The Hall–Kier alpha value is -8.14. The smallest absolute Gasteiger partial charge is 0.143 e. The summed E-state index contributed by atoms with van der Waals surface area (Å²) >= 11 is 0. The maximum atomic E-state index is 6.45. The van der Waals surface area contributed by atoms with Crippen molar-refractivity contribution in [2.45, 2.75) is 0 Å². The third kappa shape index (κ3) is 5.90. The van der Waals surface area contributed by atoms with Gasteiger partial charge in [-0.05, 0) is 92.7 Å². The minimum absolute atomic E-state index is 0.875. The van der Waals surface area contributed by atoms with Crippen LogP contribution in [0.15, 0.2) is 233 Å². The van der Waals surface area contributed by atoms with E-state index < -0.39 is 0 Å². The highest BCUT2D eigenvalue weighted by atomic mass is 16.3. The Morgan fingerprint density at radius 3 is 1.54 bits per heavy atom. The van der Waals surface area contributed by atoms with Crippen molar-refractivity contribution in [1.29, 1.82) is 0 Å². The van der Waals surface area contributed by atoms with E-state index in [4.69, 9.17) is 8.83 Å². The molecule has 3 heteroatoms. The fourth-order valence-electron chi connectivity index (χ4n) is 9.21. The van der Waals surface area contributed by atoms with Crippen molar-refractivity contribution >= 4 is 71.7 Å². The molecule has 0 radical (unpaired) electrons. The fourth-order valence-corrected chi connectivity index (χ4v) is 9.21. The number of anilines is 3. The van der Waals surface area contributed by atoms with E-state index in [0.29, 0.717) is 0 Å². The van der Waals surface area contributed by atoms with Gasteiger partial charge >= 0.3 is 0 Å². The van der Waals surface area contributed by atoms with Crippen LogP contribution < -0.4 is 4.90 Å². The van der Waals surface area contributed by atoms with Crippen LogP contribution in [-0.2, 0) is 0 Å². The van der Waals surface area contributed by atoms with Gasteiger partial charge in [0.15, 0.2) is 0 Å². The highest BCUT2D eigenvalue weighted by molar-refractivity contribution is 6.14. The van der Waals surface area contributed by atoms with Gasteiger partial charge < -0.3 is 13.7 Å². The summed E-state index contributed by atoms with van der Waals surface area (Å²) in [7, 11) is 0. The van der Waals surface area contributed by atoms with Gasteiger partial charge in [-0.15, -0.1) is 0 Å². The van der Waals surface area contributed by atoms with E-state index in [9.17, 15) is 0 Å². The second-order valence-electron chi connectivity index (χ2n) is 15.6. The molecule has 0 aliphatic rings. The first-order valence-corrected chi connectivity index (χ1v) is 20.7. The highest BCUT2D eigenvalue weighted by Crippen LogP contribution is 2.46. The molecule has 0 N–H and O–H groups in total. The van der Waals surface area contributed by atoms with Crippen molar-refractivity contribution in [3.63, 3.8) is 0 Å². The number of nitrogens with zero attached hydrogens (tertiary/aromatic N) is 1. The quantitative estimate of drug-likeness (QED) is 0.161. The molecule has 0 fully saturated rings. The molecule has 0 unspecified atom stereocenters. The lowest BCUT2D eigenvalue weighted by atomic mass is 9.95. The van der Waals surface area contributed by atoms with E-state index in [0.717, 1.165) is 88.8 Å². The lowest BCUT2D eigenvalue weighted by Crippen LogP contribution is -2.11. The summed E-state index contributed by atoms with van der Waals surface area (Å²) in [4.78, 5) is 2.37. The first-order valence-electron chi connectivity index (χ1n) is 20.7. The first kappa shape index (κ1) is 34.9. The molecule has 2 aromatic heterocycles. The van der Waals surface area contributed by atoms with Gasteiger partial charge in [0.25, 0.3) is 0 Å². The molecule has 0 amide bonds. The van der Waals surface area contributed by atoms with E-state index in [2.05, 4.69) is 205 Å². The first-order chi connectivity index (χ1) is 30.2. The van der Waals surface area contributed by atoms with E-state index >= 15 is 0 Å². The summed E-state index contributed by atoms with van der Waals surface area (Å²) in [5, 5.41) is 6.98. The van der Waals surface area contributed by atoms with E-state index in [1.165, 1.54) is 27.5 Å². The molecule has 286 valence electrons. The zero-order valence-corrected chi connectivity index (χ0v) is 33.1. The number of rotatable bonds is 7. The maximum Gasteiger partial charge on any atom is 0.143 e. The van der Waals surface area contributed by atoms with Crippen LogP contribution >= 0.6 is 0 Å². The molecule has 0 saturated heterocycles. The second kappa shape index (κ2) is 14.3. The number of furan rings is 2. The van der Waals surface area contributed by atoms with Crippen LogP contribution in [-0.4, -0.2) is 0 Å². The number of fused-ring (bicyclic) bond motifs is 7. The van der Waals surface area contributed by atoms with E-state index in [1.807, 2.05) is 24.3 Å². The second-order valence-corrected chi connectivity index (χ2v) is 15.6. The molecule has 2 heterocycles. The molecule has 3 nitrogen and oxygen atoms in total. The van der Waals surface area contributed by atoms with Gasteiger partial charge in [-0.2, -0.15) is 0 Å². The van der Waals surface area contributed by atoms with Gasteiger partial charge in [0, 0.05) is 44.0 Å². The van der Waals surface area contributed by atoms with E-state index in [-0.39, 0.29) is 0 Å². The molecule has 0 spiro atoms. The molecule has 0 saturated carbocycles. The van der Waals surface area contributed by atoms with Crippen molar-refractivity contribution in [3.8, 4) is 44.5 Å². The largest absolute Gasteiger partial charge is 0.456 e. The maximum absolute atomic E-state index is 6.45. The van der Waals surface area contributed by atoms with Gasteiger partial charge in [-0.25, -0.2) is 0 Å². The molecule has 12 aromatic rings. The molecule has 0 bridgehead atoms. The van der Waals surface area contributed by atoms with Crippen LogP contribution in [0.25, 0.3) is 99.2 Å². The monoisotopic (exact) mass is 779 g/mol. The highest BCUT2D eigenvalue weighted by Gasteiger charge is 2.21. The Kier molecular flexibility index (Phi) is 8.17. The Morgan fingerprint density at radius 2 is 0.754 bits per heavy atom. The van der Waals surface area contributed by atoms with Gasteiger partial charge in [-0.1, -0.05) is 176 Å². The Balaban J connectivity index is 0.971. The molecular weight excluding hydrogens is 743 g/mol. The minimum atomic E-state index is 0.875. The van der Waals surface area contributed by atoms with Crippen LogP contribution in [0.4, 0.5) is 17.1 Å². The number of hydrogen-bond donors (Lipinski definition) is 0. The Bertz CT molecular complexity index is 3570. The van der Waals surface area contributed by atoms with Gasteiger partial charge in [0.05, 0.1) is 5.69 Å². The molecule has 0 atom stereocenters. The number of para-hydroxylation sites is 4. The number of benzene rings is 10. The average molecular weight is 780 g/mol. The molecule has 61 heavy (non-hydrogen) atoms. The third-order valence-corrected chi connectivity index (χ3v) is 12.1. The fraction of sp³-hybridized carbons (Fsp3) is 0. The molecular formula is C58H37NO2. The van der Waals surface area contributed by atoms with Crippen molar-refractivity contribution in [3.05, 3.63) is 224 Å². The predicted molar refractivity (Wildman–Crippen MR) is 255 cm³/mol. The number of hydrogen-bond acceptors (Lipinski definition) is 3. The average Bonchev–Trinajstić information content (AvgIpc) is 3.91. The van der Waals surface area contributed by atoms with Crippen molar-refractivity contribution in [2.24, 2.45) is 0 Å². The molecule has 0 aliphatic heterocycles. The van der Waals surface area contributed by atoms with Crippen LogP contribution in [0.5, 0.6) is 0 Å². The summed E-state index contributed by atoms with van der Waals surface area (Å²) in [5.74, 6) is 0. The summed E-state index contributed by atoms with van der Waals surface area (Å²) in [6.07, 6.45) is 0. The normalized spacial score (nSPS) is 11.6. The minimum Gasteiger partial charge on any atom is -0.456 e. The molecule has 0 aliphatic carbocycles. The zero-order chi connectivity index (χ0) is 40.3. The van der Waals surface area contributed by atoms with Crippen molar-refractivity contribution in [2.75, 3.05) is 4.90 Å². The lowest BCUT2D eigenvalue weighted by Gasteiger charge is -2.28. The SMILES string of the molecule is c1ccc(N(c2ccc(-c3ccc(-c4cccc5ccccc45)cc3)cc2)c2ccc(-c3cccc4c3oc3ccccc34)cc2)c(-c2cccc3oc4ccccc4c23)c1. The van der Waals surface area contributed by atoms with Crippen LogP contribution in [0.3, 0.4) is 0 Å². The standard InChI is InChI=1S/C58H37NO2/c1-2-14-45-40(12-1)13-9-18-46(45)41-28-26-38(27-29-41)39-30-34-43(35-31-39)59(44-36-32-42(33-37-44)47-19-10-21-51-49-16-4-7-23-54(49)61-58(47)51)53-22-6-3-15-48(53)50-20-11-25-56-57(50)52-17-5-8-24-55(52)60-56/h1-37H. The summed E-state index contributed by atoms with van der Waals surface area (Å²) in [6, 6.07) is 79.9. The zero-order valence-electron chi connectivity index (χ0n) is 33.1.